The number of anilines is 1. The molecular formula is C24H23N3O3S2. The maximum absolute atomic E-state index is 13.1. The first-order valence-corrected chi connectivity index (χ1v) is 12.0. The van der Waals surface area contributed by atoms with E-state index in [0.717, 1.165) is 11.1 Å². The molecule has 2 heterocycles. The normalized spacial score (nSPS) is 11.0. The summed E-state index contributed by atoms with van der Waals surface area (Å²) in [5, 5.41) is 5.38. The van der Waals surface area contributed by atoms with Crippen molar-refractivity contribution in [3.05, 3.63) is 69.8 Å². The molecule has 164 valence electrons. The van der Waals surface area contributed by atoms with E-state index in [4.69, 9.17) is 9.72 Å². The van der Waals surface area contributed by atoms with Gasteiger partial charge in [-0.15, -0.1) is 11.3 Å². The van der Waals surface area contributed by atoms with Crippen LogP contribution in [0, 0.1) is 6.92 Å². The largest absolute Gasteiger partial charge is 0.497 e. The van der Waals surface area contributed by atoms with E-state index in [9.17, 15) is 9.59 Å². The number of ether oxygens (including phenoxy) is 1. The minimum Gasteiger partial charge on any atom is -0.497 e. The summed E-state index contributed by atoms with van der Waals surface area (Å²) in [5.74, 6) is 0.631. The highest BCUT2D eigenvalue weighted by Crippen LogP contribution is 2.32. The zero-order valence-corrected chi connectivity index (χ0v) is 19.7. The Hall–Kier alpha value is -3.10. The number of hydrogen-bond acceptors (Lipinski definition) is 6. The van der Waals surface area contributed by atoms with Gasteiger partial charge < -0.3 is 10.1 Å². The van der Waals surface area contributed by atoms with E-state index in [2.05, 4.69) is 5.32 Å². The summed E-state index contributed by atoms with van der Waals surface area (Å²) in [6.07, 6.45) is 0. The van der Waals surface area contributed by atoms with Gasteiger partial charge in [-0.05, 0) is 31.5 Å². The molecular weight excluding hydrogens is 442 g/mol. The van der Waals surface area contributed by atoms with E-state index >= 15 is 0 Å². The lowest BCUT2D eigenvalue weighted by molar-refractivity contribution is -0.113. The standard InChI is InChI=1S/C24H23N3O3S2/c1-4-27-23(29)22-21(19(13-31-22)16-10-8-15(2)9-11-16)26-24(27)32-14-20(28)25-17-6-5-7-18(12-17)30-3/h5-13H,4,14H2,1-3H3,(H,25,28). The Morgan fingerprint density at radius 1 is 1.22 bits per heavy atom. The van der Waals surface area contributed by atoms with Crippen molar-refractivity contribution >= 4 is 44.9 Å². The quantitative estimate of drug-likeness (QED) is 0.300. The van der Waals surface area contributed by atoms with E-state index in [1.165, 1.54) is 28.7 Å². The van der Waals surface area contributed by atoms with Crippen LogP contribution in [0.1, 0.15) is 12.5 Å². The SMILES string of the molecule is CCn1c(SCC(=O)Nc2cccc(OC)c2)nc2c(-c3ccc(C)cc3)csc2c1=O. The van der Waals surface area contributed by atoms with Crippen LogP contribution in [0.3, 0.4) is 0 Å². The predicted octanol–water partition coefficient (Wildman–Crippen LogP) is 5.19. The van der Waals surface area contributed by atoms with Gasteiger partial charge in [0, 0.05) is 29.2 Å². The maximum Gasteiger partial charge on any atom is 0.272 e. The van der Waals surface area contributed by atoms with Crippen LogP contribution in [0.15, 0.2) is 63.9 Å². The molecule has 0 aliphatic rings. The second-order valence-corrected chi connectivity index (χ2v) is 9.03. The minimum absolute atomic E-state index is 0.0726. The molecule has 8 heteroatoms. The first-order chi connectivity index (χ1) is 15.5. The predicted molar refractivity (Wildman–Crippen MR) is 132 cm³/mol. The molecule has 6 nitrogen and oxygen atoms in total. The van der Waals surface area contributed by atoms with Gasteiger partial charge in [0.2, 0.25) is 5.91 Å². The molecule has 1 N–H and O–H groups in total. The summed E-state index contributed by atoms with van der Waals surface area (Å²) in [6.45, 7) is 4.43. The molecule has 4 aromatic rings. The van der Waals surface area contributed by atoms with Crippen LogP contribution in [0.4, 0.5) is 5.69 Å². The average molecular weight is 466 g/mol. The van der Waals surface area contributed by atoms with Crippen molar-refractivity contribution < 1.29 is 9.53 Å². The zero-order valence-electron chi connectivity index (χ0n) is 18.0. The summed E-state index contributed by atoms with van der Waals surface area (Å²) in [6, 6.07) is 15.4. The second-order valence-electron chi connectivity index (χ2n) is 7.21. The van der Waals surface area contributed by atoms with Gasteiger partial charge in [0.1, 0.15) is 10.4 Å². The molecule has 0 aliphatic carbocycles. The van der Waals surface area contributed by atoms with E-state index in [-0.39, 0.29) is 17.2 Å². The van der Waals surface area contributed by atoms with Crippen molar-refractivity contribution in [1.29, 1.82) is 0 Å². The fourth-order valence-electron chi connectivity index (χ4n) is 3.33. The van der Waals surface area contributed by atoms with Crippen molar-refractivity contribution in [1.82, 2.24) is 9.55 Å². The van der Waals surface area contributed by atoms with Gasteiger partial charge in [0.05, 0.1) is 18.4 Å². The molecule has 0 unspecified atom stereocenters. The van der Waals surface area contributed by atoms with Gasteiger partial charge in [0.15, 0.2) is 5.16 Å². The number of thioether (sulfide) groups is 1. The fourth-order valence-corrected chi connectivity index (χ4v) is 5.15. The van der Waals surface area contributed by atoms with Crippen molar-refractivity contribution in [3.63, 3.8) is 0 Å². The molecule has 4 rings (SSSR count). The van der Waals surface area contributed by atoms with Crippen LogP contribution >= 0.6 is 23.1 Å². The molecule has 0 saturated carbocycles. The average Bonchev–Trinajstić information content (AvgIpc) is 3.22. The third-order valence-corrected chi connectivity index (χ3v) is 6.94. The zero-order chi connectivity index (χ0) is 22.7. The van der Waals surface area contributed by atoms with E-state index in [0.29, 0.717) is 33.4 Å². The third kappa shape index (κ3) is 4.56. The van der Waals surface area contributed by atoms with E-state index in [1.807, 2.05) is 55.6 Å². The summed E-state index contributed by atoms with van der Waals surface area (Å²) >= 11 is 2.67. The summed E-state index contributed by atoms with van der Waals surface area (Å²) in [4.78, 5) is 30.4. The molecule has 0 atom stereocenters. The molecule has 0 saturated heterocycles. The van der Waals surface area contributed by atoms with Crippen molar-refractivity contribution in [2.45, 2.75) is 25.5 Å². The monoisotopic (exact) mass is 465 g/mol. The molecule has 1 amide bonds. The number of rotatable bonds is 7. The number of aromatic nitrogens is 2. The van der Waals surface area contributed by atoms with Gasteiger partial charge in [0.25, 0.3) is 5.56 Å². The minimum atomic E-state index is -0.177. The number of aryl methyl sites for hydroxylation is 1. The number of carbonyl (C=O) groups is 1. The van der Waals surface area contributed by atoms with Crippen LogP contribution in [0.2, 0.25) is 0 Å². The van der Waals surface area contributed by atoms with Gasteiger partial charge in [-0.25, -0.2) is 4.98 Å². The Morgan fingerprint density at radius 2 is 2.00 bits per heavy atom. The van der Waals surface area contributed by atoms with Crippen LogP contribution in [-0.2, 0) is 11.3 Å². The number of nitrogens with one attached hydrogen (secondary N) is 1. The van der Waals surface area contributed by atoms with Gasteiger partial charge in [-0.2, -0.15) is 0 Å². The van der Waals surface area contributed by atoms with E-state index < -0.39 is 0 Å². The Balaban J connectivity index is 1.61. The Labute approximate surface area is 194 Å². The molecule has 0 aliphatic heterocycles. The summed E-state index contributed by atoms with van der Waals surface area (Å²) in [7, 11) is 1.58. The fraction of sp³-hybridized carbons (Fsp3) is 0.208. The number of amides is 1. The maximum atomic E-state index is 13.1. The van der Waals surface area contributed by atoms with Crippen LogP contribution in [-0.4, -0.2) is 28.3 Å². The summed E-state index contributed by atoms with van der Waals surface area (Å²) in [5.41, 5.74) is 4.40. The Morgan fingerprint density at radius 3 is 2.72 bits per heavy atom. The highest BCUT2D eigenvalue weighted by molar-refractivity contribution is 7.99. The molecule has 0 fully saturated rings. The molecule has 32 heavy (non-hydrogen) atoms. The smallest absolute Gasteiger partial charge is 0.272 e. The lowest BCUT2D eigenvalue weighted by Crippen LogP contribution is -2.22. The lowest BCUT2D eigenvalue weighted by atomic mass is 10.1. The number of hydrogen-bond donors (Lipinski definition) is 1. The van der Waals surface area contributed by atoms with Crippen LogP contribution in [0.5, 0.6) is 5.75 Å². The number of thiophene rings is 1. The molecule has 0 bridgehead atoms. The topological polar surface area (TPSA) is 73.2 Å². The van der Waals surface area contributed by atoms with Crippen LogP contribution in [0.25, 0.3) is 21.3 Å². The molecule has 0 radical (unpaired) electrons. The van der Waals surface area contributed by atoms with Gasteiger partial charge in [-0.3, -0.25) is 14.2 Å². The lowest BCUT2D eigenvalue weighted by Gasteiger charge is -2.11. The van der Waals surface area contributed by atoms with Gasteiger partial charge in [-0.1, -0.05) is 47.7 Å². The van der Waals surface area contributed by atoms with Crippen molar-refractivity contribution in [2.24, 2.45) is 0 Å². The Kier molecular flexibility index (Phi) is 6.62. The number of benzene rings is 2. The number of methoxy groups -OCH3 is 1. The number of carbonyl (C=O) groups excluding carboxylic acids is 1. The number of nitrogens with zero attached hydrogens (tertiary/aromatic N) is 2. The van der Waals surface area contributed by atoms with Crippen molar-refractivity contribution in [2.75, 3.05) is 18.2 Å². The molecule has 0 spiro atoms. The molecule has 2 aromatic carbocycles. The third-order valence-electron chi connectivity index (χ3n) is 5.01. The summed E-state index contributed by atoms with van der Waals surface area (Å²) < 4.78 is 7.45. The highest BCUT2D eigenvalue weighted by atomic mass is 32.2. The second kappa shape index (κ2) is 9.58. The molecule has 2 aromatic heterocycles. The van der Waals surface area contributed by atoms with Gasteiger partial charge >= 0.3 is 0 Å². The highest BCUT2D eigenvalue weighted by Gasteiger charge is 2.17. The first-order valence-electron chi connectivity index (χ1n) is 10.2. The van der Waals surface area contributed by atoms with Crippen molar-refractivity contribution in [3.8, 4) is 16.9 Å². The van der Waals surface area contributed by atoms with Crippen LogP contribution < -0.4 is 15.6 Å². The van der Waals surface area contributed by atoms with E-state index in [1.54, 1.807) is 23.8 Å². The number of fused-ring (bicyclic) bond motifs is 1. The Bertz CT molecular complexity index is 1330. The first kappa shape index (κ1) is 22.1.